The van der Waals surface area contributed by atoms with E-state index in [0.29, 0.717) is 0 Å². The van der Waals surface area contributed by atoms with Crippen LogP contribution in [-0.2, 0) is 14.3 Å². The topological polar surface area (TPSA) is 51.5 Å². The number of methoxy groups -OCH3 is 1. The van der Waals surface area contributed by atoms with Crippen LogP contribution < -0.4 is 0 Å². The van der Waals surface area contributed by atoms with Crippen LogP contribution in [0, 0.1) is 0 Å². The Labute approximate surface area is 181 Å². The summed E-state index contributed by atoms with van der Waals surface area (Å²) in [6.45, 7) is 0. The van der Waals surface area contributed by atoms with E-state index in [9.17, 15) is 9.59 Å². The minimum absolute atomic E-state index is 0.343. The standard InChI is InChI=1S/C26H24N2O3/c1-27(2)25(29)24(26(30)31-3)28-21-17-11-10-16-20(21)22(18-12-6-4-7-13-18)23(28)19-14-8-5-9-15-19/h4-17,24H,1-3H3. The number of carbonyl (C=O) groups is 2. The lowest BCUT2D eigenvalue weighted by Crippen LogP contribution is -2.37. The number of para-hydroxylation sites is 1. The summed E-state index contributed by atoms with van der Waals surface area (Å²) in [7, 11) is 4.60. The first-order valence-corrected chi connectivity index (χ1v) is 10.1. The van der Waals surface area contributed by atoms with E-state index in [1.807, 2.05) is 89.5 Å². The van der Waals surface area contributed by atoms with Crippen molar-refractivity contribution in [1.82, 2.24) is 9.47 Å². The molecule has 0 N–H and O–H groups in total. The number of carbonyl (C=O) groups excluding carboxylic acids is 2. The molecule has 4 aromatic rings. The molecule has 5 heteroatoms. The molecule has 156 valence electrons. The summed E-state index contributed by atoms with van der Waals surface area (Å²) < 4.78 is 6.91. The van der Waals surface area contributed by atoms with Gasteiger partial charge in [0, 0.05) is 25.0 Å². The first-order chi connectivity index (χ1) is 15.0. The molecule has 3 aromatic carbocycles. The van der Waals surface area contributed by atoms with E-state index >= 15 is 0 Å². The Bertz CT molecular complexity index is 1230. The molecule has 1 aromatic heterocycles. The van der Waals surface area contributed by atoms with E-state index in [4.69, 9.17) is 4.74 Å². The highest BCUT2D eigenvalue weighted by Gasteiger charge is 2.35. The predicted molar refractivity (Wildman–Crippen MR) is 123 cm³/mol. The highest BCUT2D eigenvalue weighted by atomic mass is 16.5. The number of aromatic nitrogens is 1. The average Bonchev–Trinajstić information content (AvgIpc) is 3.15. The van der Waals surface area contributed by atoms with Crippen molar-refractivity contribution < 1.29 is 14.3 Å². The number of fused-ring (bicyclic) bond motifs is 1. The molecule has 1 amide bonds. The van der Waals surface area contributed by atoms with Gasteiger partial charge in [0.2, 0.25) is 6.04 Å². The van der Waals surface area contributed by atoms with E-state index in [1.54, 1.807) is 14.1 Å². The monoisotopic (exact) mass is 412 g/mol. The number of benzene rings is 3. The third kappa shape index (κ3) is 3.59. The molecule has 5 nitrogen and oxygen atoms in total. The van der Waals surface area contributed by atoms with Gasteiger partial charge in [-0.15, -0.1) is 0 Å². The first-order valence-electron chi connectivity index (χ1n) is 10.1. The second-order valence-corrected chi connectivity index (χ2v) is 7.50. The number of nitrogens with zero attached hydrogens (tertiary/aromatic N) is 2. The van der Waals surface area contributed by atoms with E-state index < -0.39 is 12.0 Å². The second-order valence-electron chi connectivity index (χ2n) is 7.50. The molecule has 0 spiro atoms. The largest absolute Gasteiger partial charge is 0.467 e. The zero-order valence-electron chi connectivity index (χ0n) is 17.8. The Morgan fingerprint density at radius 1 is 0.806 bits per heavy atom. The lowest BCUT2D eigenvalue weighted by atomic mass is 9.98. The van der Waals surface area contributed by atoms with Crippen molar-refractivity contribution in [3.63, 3.8) is 0 Å². The maximum atomic E-state index is 13.2. The smallest absolute Gasteiger partial charge is 0.338 e. The van der Waals surface area contributed by atoms with Gasteiger partial charge < -0.3 is 14.2 Å². The predicted octanol–water partition coefficient (Wildman–Crippen LogP) is 4.78. The lowest BCUT2D eigenvalue weighted by Gasteiger charge is -2.23. The highest BCUT2D eigenvalue weighted by molar-refractivity contribution is 6.09. The van der Waals surface area contributed by atoms with Gasteiger partial charge in [-0.2, -0.15) is 0 Å². The minimum atomic E-state index is -1.14. The highest BCUT2D eigenvalue weighted by Crippen LogP contribution is 2.43. The van der Waals surface area contributed by atoms with Gasteiger partial charge in [-0.05, 0) is 17.2 Å². The molecule has 31 heavy (non-hydrogen) atoms. The van der Waals surface area contributed by atoms with E-state index in [2.05, 4.69) is 0 Å². The van der Waals surface area contributed by atoms with E-state index in [1.165, 1.54) is 12.0 Å². The van der Waals surface area contributed by atoms with Crippen LogP contribution in [-0.4, -0.2) is 42.5 Å². The van der Waals surface area contributed by atoms with Crippen LogP contribution in [0.1, 0.15) is 6.04 Å². The van der Waals surface area contributed by atoms with Crippen LogP contribution in [0.25, 0.3) is 33.3 Å². The van der Waals surface area contributed by atoms with Crippen LogP contribution >= 0.6 is 0 Å². The molecule has 0 saturated carbocycles. The van der Waals surface area contributed by atoms with Crippen molar-refractivity contribution in [3.8, 4) is 22.4 Å². The summed E-state index contributed by atoms with van der Waals surface area (Å²) in [5.41, 5.74) is 4.50. The summed E-state index contributed by atoms with van der Waals surface area (Å²) >= 11 is 0. The summed E-state index contributed by atoms with van der Waals surface area (Å²) in [5, 5.41) is 0.966. The number of amides is 1. The van der Waals surface area contributed by atoms with Crippen LogP contribution in [0.3, 0.4) is 0 Å². The Morgan fingerprint density at radius 2 is 1.35 bits per heavy atom. The Kier molecular flexibility index (Phi) is 5.58. The fraction of sp³-hybridized carbons (Fsp3) is 0.154. The number of likely N-dealkylation sites (N-methyl/N-ethyl adjacent to an activating group) is 1. The second kappa shape index (κ2) is 8.48. The van der Waals surface area contributed by atoms with Crippen LogP contribution in [0.5, 0.6) is 0 Å². The van der Waals surface area contributed by atoms with Crippen molar-refractivity contribution in [2.75, 3.05) is 21.2 Å². The summed E-state index contributed by atoms with van der Waals surface area (Å²) in [5.74, 6) is -0.944. The number of ether oxygens (including phenoxy) is 1. The van der Waals surface area contributed by atoms with Crippen molar-refractivity contribution in [1.29, 1.82) is 0 Å². The third-order valence-corrected chi connectivity index (χ3v) is 5.38. The van der Waals surface area contributed by atoms with Gasteiger partial charge in [0.1, 0.15) is 0 Å². The van der Waals surface area contributed by atoms with Crippen molar-refractivity contribution in [2.45, 2.75) is 6.04 Å². The summed E-state index contributed by atoms with van der Waals surface area (Å²) in [4.78, 5) is 27.6. The van der Waals surface area contributed by atoms with Crippen LogP contribution in [0.2, 0.25) is 0 Å². The van der Waals surface area contributed by atoms with Gasteiger partial charge in [-0.1, -0.05) is 78.9 Å². The number of hydrogen-bond acceptors (Lipinski definition) is 3. The average molecular weight is 412 g/mol. The van der Waals surface area contributed by atoms with Crippen LogP contribution in [0.15, 0.2) is 84.9 Å². The lowest BCUT2D eigenvalue weighted by molar-refractivity contribution is -0.151. The van der Waals surface area contributed by atoms with Gasteiger partial charge in [-0.25, -0.2) is 4.79 Å². The van der Waals surface area contributed by atoms with Gasteiger partial charge in [-0.3, -0.25) is 4.79 Å². The molecule has 0 bridgehead atoms. The van der Waals surface area contributed by atoms with Gasteiger partial charge >= 0.3 is 5.97 Å². The van der Waals surface area contributed by atoms with Gasteiger partial charge in [0.05, 0.1) is 18.3 Å². The van der Waals surface area contributed by atoms with Gasteiger partial charge in [0.25, 0.3) is 5.91 Å². The molecular weight excluding hydrogens is 388 g/mol. The maximum Gasteiger partial charge on any atom is 0.338 e. The van der Waals surface area contributed by atoms with Crippen molar-refractivity contribution >= 4 is 22.8 Å². The SMILES string of the molecule is COC(=O)C(C(=O)N(C)C)n1c(-c2ccccc2)c(-c2ccccc2)c2ccccc21. The Morgan fingerprint density at radius 3 is 1.94 bits per heavy atom. The molecule has 0 saturated heterocycles. The minimum Gasteiger partial charge on any atom is -0.467 e. The molecule has 4 rings (SSSR count). The quantitative estimate of drug-likeness (QED) is 0.350. The van der Waals surface area contributed by atoms with Gasteiger partial charge in [0.15, 0.2) is 0 Å². The molecule has 0 aliphatic heterocycles. The number of rotatable bonds is 5. The maximum absolute atomic E-state index is 13.2. The van der Waals surface area contributed by atoms with Crippen molar-refractivity contribution in [3.05, 3.63) is 84.9 Å². The van der Waals surface area contributed by atoms with E-state index in [-0.39, 0.29) is 5.91 Å². The summed E-state index contributed by atoms with van der Waals surface area (Å²) in [6.07, 6.45) is 0. The molecule has 0 radical (unpaired) electrons. The summed E-state index contributed by atoms with van der Waals surface area (Å²) in [6, 6.07) is 26.6. The first kappa shape index (κ1) is 20.4. The third-order valence-electron chi connectivity index (χ3n) is 5.38. The zero-order valence-corrected chi connectivity index (χ0v) is 17.8. The normalized spacial score (nSPS) is 11.8. The number of esters is 1. The molecule has 0 fully saturated rings. The molecule has 1 heterocycles. The Hall–Kier alpha value is -3.86. The fourth-order valence-corrected chi connectivity index (χ4v) is 3.98. The molecule has 1 unspecified atom stereocenters. The van der Waals surface area contributed by atoms with Crippen molar-refractivity contribution in [2.24, 2.45) is 0 Å². The molecule has 1 atom stereocenters. The fourth-order valence-electron chi connectivity index (χ4n) is 3.98. The zero-order chi connectivity index (χ0) is 22.0. The van der Waals surface area contributed by atoms with E-state index in [0.717, 1.165) is 33.3 Å². The van der Waals surface area contributed by atoms with Crippen LogP contribution in [0.4, 0.5) is 0 Å². The molecule has 0 aliphatic rings. The molecule has 0 aliphatic carbocycles. The Balaban J connectivity index is 2.17. The number of hydrogen-bond donors (Lipinski definition) is 0. The molecular formula is C26H24N2O3.